The minimum Gasteiger partial charge on any atom is -0.325 e. The second kappa shape index (κ2) is 7.96. The van der Waals surface area contributed by atoms with Gasteiger partial charge in [0.25, 0.3) is 0 Å². The number of amides is 1. The lowest BCUT2D eigenvalue weighted by molar-refractivity contribution is -0.113. The summed E-state index contributed by atoms with van der Waals surface area (Å²) in [6, 6.07) is 17.8. The molecule has 1 aromatic heterocycles. The van der Waals surface area contributed by atoms with E-state index >= 15 is 0 Å². The number of benzene rings is 2. The smallest absolute Gasteiger partial charge is 0.234 e. The van der Waals surface area contributed by atoms with Crippen molar-refractivity contribution in [2.24, 2.45) is 7.05 Å². The van der Waals surface area contributed by atoms with Crippen LogP contribution >= 0.6 is 11.8 Å². The van der Waals surface area contributed by atoms with Gasteiger partial charge in [0.15, 0.2) is 11.0 Å². The number of carbonyl (C=O) groups is 1. The Bertz CT molecular complexity index is 912. The van der Waals surface area contributed by atoms with E-state index in [1.807, 2.05) is 41.9 Å². The van der Waals surface area contributed by atoms with Crippen molar-refractivity contribution in [2.75, 3.05) is 11.1 Å². The topological polar surface area (TPSA) is 59.8 Å². The summed E-state index contributed by atoms with van der Waals surface area (Å²) < 4.78 is 1.92. The first-order valence-electron chi connectivity index (χ1n) is 8.82. The van der Waals surface area contributed by atoms with Crippen LogP contribution in [-0.2, 0) is 17.3 Å². The van der Waals surface area contributed by atoms with Crippen LogP contribution in [0, 0.1) is 0 Å². The van der Waals surface area contributed by atoms with Crippen molar-refractivity contribution in [3.8, 4) is 11.4 Å². The van der Waals surface area contributed by atoms with E-state index in [1.54, 1.807) is 0 Å². The summed E-state index contributed by atoms with van der Waals surface area (Å²) >= 11 is 1.37. The van der Waals surface area contributed by atoms with Gasteiger partial charge >= 0.3 is 0 Å². The van der Waals surface area contributed by atoms with Gasteiger partial charge in [-0.3, -0.25) is 4.79 Å². The van der Waals surface area contributed by atoms with Gasteiger partial charge in [-0.1, -0.05) is 75.0 Å². The van der Waals surface area contributed by atoms with Crippen molar-refractivity contribution in [1.29, 1.82) is 0 Å². The molecule has 1 heterocycles. The molecule has 0 saturated heterocycles. The van der Waals surface area contributed by atoms with Crippen molar-refractivity contribution in [3.63, 3.8) is 0 Å². The number of carbonyl (C=O) groups excluding carboxylic acids is 1. The number of nitrogens with zero attached hydrogens (tertiary/aromatic N) is 3. The lowest BCUT2D eigenvalue weighted by Crippen LogP contribution is -2.14. The summed E-state index contributed by atoms with van der Waals surface area (Å²) in [5.74, 6) is 1.01. The maximum atomic E-state index is 12.1. The summed E-state index contributed by atoms with van der Waals surface area (Å²) in [5.41, 5.74) is 3.20. The molecule has 0 fully saturated rings. The fraction of sp³-hybridized carbons (Fsp3) is 0.286. The molecule has 0 unspecified atom stereocenters. The van der Waals surface area contributed by atoms with E-state index in [9.17, 15) is 4.79 Å². The highest BCUT2D eigenvalue weighted by molar-refractivity contribution is 7.99. The Morgan fingerprint density at radius 3 is 2.33 bits per heavy atom. The molecule has 0 radical (unpaired) electrons. The van der Waals surface area contributed by atoms with Crippen LogP contribution in [0.1, 0.15) is 26.3 Å². The molecule has 0 aliphatic carbocycles. The largest absolute Gasteiger partial charge is 0.325 e. The zero-order valence-electron chi connectivity index (χ0n) is 16.1. The molecule has 3 aromatic rings. The van der Waals surface area contributed by atoms with Gasteiger partial charge in [-0.15, -0.1) is 10.2 Å². The van der Waals surface area contributed by atoms with Gasteiger partial charge in [0.2, 0.25) is 5.91 Å². The molecule has 140 valence electrons. The zero-order valence-corrected chi connectivity index (χ0v) is 16.9. The highest BCUT2D eigenvalue weighted by Crippen LogP contribution is 2.27. The van der Waals surface area contributed by atoms with Crippen LogP contribution in [0.3, 0.4) is 0 Å². The third-order valence-electron chi connectivity index (χ3n) is 4.23. The maximum absolute atomic E-state index is 12.1. The van der Waals surface area contributed by atoms with Crippen LogP contribution in [0.25, 0.3) is 11.4 Å². The van der Waals surface area contributed by atoms with Gasteiger partial charge in [0, 0.05) is 18.3 Å². The Hall–Kier alpha value is -2.60. The fourth-order valence-corrected chi connectivity index (χ4v) is 3.37. The highest BCUT2D eigenvalue weighted by Gasteiger charge is 2.16. The molecule has 1 N–H and O–H groups in total. The Labute approximate surface area is 164 Å². The lowest BCUT2D eigenvalue weighted by atomic mass is 9.87. The van der Waals surface area contributed by atoms with Crippen LogP contribution in [0.4, 0.5) is 5.69 Å². The second-order valence-corrected chi connectivity index (χ2v) is 8.34. The molecule has 5 nitrogen and oxygen atoms in total. The van der Waals surface area contributed by atoms with Gasteiger partial charge < -0.3 is 9.88 Å². The van der Waals surface area contributed by atoms with Gasteiger partial charge in [-0.05, 0) is 23.1 Å². The van der Waals surface area contributed by atoms with Gasteiger partial charge in [-0.2, -0.15) is 0 Å². The minimum atomic E-state index is -0.0646. The first-order chi connectivity index (χ1) is 12.8. The van der Waals surface area contributed by atoms with Gasteiger partial charge in [0.05, 0.1) is 5.75 Å². The molecule has 0 saturated carbocycles. The van der Waals surface area contributed by atoms with E-state index in [2.05, 4.69) is 60.6 Å². The predicted molar refractivity (Wildman–Crippen MR) is 111 cm³/mol. The molecular formula is C21H24N4OS. The fourth-order valence-electron chi connectivity index (χ4n) is 2.66. The number of nitrogens with one attached hydrogen (secondary N) is 1. The van der Waals surface area contributed by atoms with Crippen LogP contribution in [0.5, 0.6) is 0 Å². The minimum absolute atomic E-state index is 0.0646. The maximum Gasteiger partial charge on any atom is 0.234 e. The molecule has 0 spiro atoms. The van der Waals surface area contributed by atoms with Crippen LogP contribution in [0.15, 0.2) is 59.8 Å². The molecule has 0 aliphatic rings. The van der Waals surface area contributed by atoms with Crippen molar-refractivity contribution >= 4 is 23.4 Å². The number of anilines is 1. The summed E-state index contributed by atoms with van der Waals surface area (Å²) in [7, 11) is 1.92. The van der Waals surface area contributed by atoms with Crippen molar-refractivity contribution < 1.29 is 4.79 Å². The van der Waals surface area contributed by atoms with Crippen molar-refractivity contribution in [2.45, 2.75) is 31.3 Å². The molecule has 2 aromatic carbocycles. The third kappa shape index (κ3) is 4.77. The number of para-hydroxylation sites is 1. The van der Waals surface area contributed by atoms with E-state index < -0.39 is 0 Å². The monoisotopic (exact) mass is 380 g/mol. The van der Waals surface area contributed by atoms with E-state index in [1.165, 1.54) is 17.3 Å². The van der Waals surface area contributed by atoms with Gasteiger partial charge in [0.1, 0.15) is 0 Å². The van der Waals surface area contributed by atoms with E-state index in [4.69, 9.17) is 0 Å². The van der Waals surface area contributed by atoms with E-state index in [0.29, 0.717) is 5.16 Å². The SMILES string of the molecule is Cn1c(SCC(=O)Nc2ccccc2)nnc1-c1ccc(C(C)(C)C)cc1. The molecule has 0 aliphatic heterocycles. The van der Waals surface area contributed by atoms with Crippen LogP contribution in [-0.4, -0.2) is 26.4 Å². The molecule has 0 bridgehead atoms. The summed E-state index contributed by atoms with van der Waals surface area (Å²) in [6.45, 7) is 6.58. The number of rotatable bonds is 5. The number of thioether (sulfide) groups is 1. The Morgan fingerprint density at radius 1 is 1.04 bits per heavy atom. The Balaban J connectivity index is 1.66. The Kier molecular flexibility index (Phi) is 5.65. The average Bonchev–Trinajstić information content (AvgIpc) is 3.01. The quantitative estimate of drug-likeness (QED) is 0.662. The van der Waals surface area contributed by atoms with E-state index in [0.717, 1.165) is 17.1 Å². The summed E-state index contributed by atoms with van der Waals surface area (Å²) in [5, 5.41) is 12.1. The Morgan fingerprint density at radius 2 is 1.70 bits per heavy atom. The molecule has 0 atom stereocenters. The lowest BCUT2D eigenvalue weighted by Gasteiger charge is -2.19. The summed E-state index contributed by atoms with van der Waals surface area (Å²) in [6.07, 6.45) is 0. The molecule has 1 amide bonds. The molecule has 27 heavy (non-hydrogen) atoms. The molecular weight excluding hydrogens is 356 g/mol. The van der Waals surface area contributed by atoms with Gasteiger partial charge in [-0.25, -0.2) is 0 Å². The van der Waals surface area contributed by atoms with Crippen LogP contribution < -0.4 is 5.32 Å². The number of aromatic nitrogens is 3. The second-order valence-electron chi connectivity index (χ2n) is 7.40. The average molecular weight is 381 g/mol. The summed E-state index contributed by atoms with van der Waals surface area (Å²) in [4.78, 5) is 12.1. The highest BCUT2D eigenvalue weighted by atomic mass is 32.2. The van der Waals surface area contributed by atoms with E-state index in [-0.39, 0.29) is 17.1 Å². The standard InChI is InChI=1S/C21H24N4OS/c1-21(2,3)16-12-10-15(11-13-16)19-23-24-20(25(19)4)27-14-18(26)22-17-8-6-5-7-9-17/h5-13H,14H2,1-4H3,(H,22,26). The van der Waals surface area contributed by atoms with Crippen molar-refractivity contribution in [3.05, 3.63) is 60.2 Å². The number of hydrogen-bond donors (Lipinski definition) is 1. The molecule has 6 heteroatoms. The number of hydrogen-bond acceptors (Lipinski definition) is 4. The zero-order chi connectivity index (χ0) is 19.4. The normalized spacial score (nSPS) is 11.4. The predicted octanol–water partition coefficient (Wildman–Crippen LogP) is 4.51. The van der Waals surface area contributed by atoms with Crippen LogP contribution in [0.2, 0.25) is 0 Å². The first-order valence-corrected chi connectivity index (χ1v) is 9.81. The third-order valence-corrected chi connectivity index (χ3v) is 5.25. The van der Waals surface area contributed by atoms with Crippen molar-refractivity contribution in [1.82, 2.24) is 14.8 Å². The first kappa shape index (κ1) is 19.2. The molecule has 3 rings (SSSR count).